The van der Waals surface area contributed by atoms with E-state index in [1.807, 2.05) is 7.05 Å². The summed E-state index contributed by atoms with van der Waals surface area (Å²) in [7, 11) is 2.01. The summed E-state index contributed by atoms with van der Waals surface area (Å²) >= 11 is 0. The molecule has 1 aromatic carbocycles. The predicted molar refractivity (Wildman–Crippen MR) is 85.5 cm³/mol. The van der Waals surface area contributed by atoms with Crippen molar-refractivity contribution >= 4 is 5.82 Å². The minimum absolute atomic E-state index is 0.435. The number of aromatic nitrogens is 2. The third kappa shape index (κ3) is 2.90. The number of hydrogen-bond donors (Lipinski definition) is 1. The first-order chi connectivity index (χ1) is 10.3. The van der Waals surface area contributed by atoms with E-state index in [1.54, 1.807) is 6.33 Å². The summed E-state index contributed by atoms with van der Waals surface area (Å²) in [5.74, 6) is 1.04. The van der Waals surface area contributed by atoms with Gasteiger partial charge in [-0.1, -0.05) is 31.2 Å². The van der Waals surface area contributed by atoms with Crippen molar-refractivity contribution in [1.29, 1.82) is 0 Å². The molecule has 4 nitrogen and oxygen atoms in total. The van der Waals surface area contributed by atoms with Crippen LogP contribution in [0.3, 0.4) is 0 Å². The van der Waals surface area contributed by atoms with Gasteiger partial charge in [-0.3, -0.25) is 0 Å². The maximum Gasteiger partial charge on any atom is 0.132 e. The number of benzene rings is 1. The van der Waals surface area contributed by atoms with Crippen molar-refractivity contribution < 1.29 is 0 Å². The van der Waals surface area contributed by atoms with Gasteiger partial charge in [0.2, 0.25) is 0 Å². The van der Waals surface area contributed by atoms with Gasteiger partial charge in [0.15, 0.2) is 0 Å². The van der Waals surface area contributed by atoms with Crippen LogP contribution in [0.4, 0.5) is 5.82 Å². The molecule has 3 rings (SSSR count). The SMILES string of the molecule is CCc1cc(N2Cc3ccccc3CC2CNC)ncn1. The van der Waals surface area contributed by atoms with Gasteiger partial charge in [-0.15, -0.1) is 0 Å². The molecule has 110 valence electrons. The second-order valence-corrected chi connectivity index (χ2v) is 5.53. The number of nitrogens with one attached hydrogen (secondary N) is 1. The highest BCUT2D eigenvalue weighted by molar-refractivity contribution is 5.46. The zero-order chi connectivity index (χ0) is 14.7. The molecule has 0 fully saturated rings. The van der Waals surface area contributed by atoms with Crippen LogP contribution in [0.5, 0.6) is 0 Å². The van der Waals surface area contributed by atoms with Crippen LogP contribution < -0.4 is 10.2 Å². The van der Waals surface area contributed by atoms with Crippen LogP contribution in [0.2, 0.25) is 0 Å². The monoisotopic (exact) mass is 282 g/mol. The molecule has 0 radical (unpaired) electrons. The van der Waals surface area contributed by atoms with Crippen molar-refractivity contribution in [3.63, 3.8) is 0 Å². The van der Waals surface area contributed by atoms with E-state index >= 15 is 0 Å². The van der Waals surface area contributed by atoms with Crippen LogP contribution in [0.1, 0.15) is 23.7 Å². The van der Waals surface area contributed by atoms with Gasteiger partial charge in [0.05, 0.1) is 0 Å². The predicted octanol–water partition coefficient (Wildman–Crippen LogP) is 2.19. The number of likely N-dealkylation sites (N-methyl/N-ethyl adjacent to an activating group) is 1. The Kier molecular flexibility index (Phi) is 4.15. The molecule has 2 aromatic rings. The van der Waals surface area contributed by atoms with Crippen LogP contribution in [0, 0.1) is 0 Å². The highest BCUT2D eigenvalue weighted by Gasteiger charge is 2.26. The zero-order valence-corrected chi connectivity index (χ0v) is 12.7. The van der Waals surface area contributed by atoms with Gasteiger partial charge in [-0.05, 0) is 31.0 Å². The Morgan fingerprint density at radius 2 is 2.05 bits per heavy atom. The molecule has 1 aromatic heterocycles. The lowest BCUT2D eigenvalue weighted by molar-refractivity contribution is 0.523. The van der Waals surface area contributed by atoms with Crippen molar-refractivity contribution in [3.8, 4) is 0 Å². The van der Waals surface area contributed by atoms with Gasteiger partial charge < -0.3 is 10.2 Å². The molecule has 0 bridgehead atoms. The van der Waals surface area contributed by atoms with Gasteiger partial charge in [0.25, 0.3) is 0 Å². The molecule has 1 atom stereocenters. The molecule has 1 aliphatic heterocycles. The average molecular weight is 282 g/mol. The highest BCUT2D eigenvalue weighted by Crippen LogP contribution is 2.27. The minimum Gasteiger partial charge on any atom is -0.348 e. The van der Waals surface area contributed by atoms with E-state index in [-0.39, 0.29) is 0 Å². The van der Waals surface area contributed by atoms with Gasteiger partial charge in [0, 0.05) is 30.9 Å². The summed E-state index contributed by atoms with van der Waals surface area (Å²) in [6.07, 6.45) is 3.68. The van der Waals surface area contributed by atoms with E-state index in [0.29, 0.717) is 6.04 Å². The lowest BCUT2D eigenvalue weighted by atomic mass is 9.94. The second-order valence-electron chi connectivity index (χ2n) is 5.53. The molecule has 4 heteroatoms. The van der Waals surface area contributed by atoms with Crippen molar-refractivity contribution in [2.75, 3.05) is 18.5 Å². The Balaban J connectivity index is 1.94. The Morgan fingerprint density at radius 3 is 2.81 bits per heavy atom. The summed E-state index contributed by atoms with van der Waals surface area (Å²) < 4.78 is 0. The van der Waals surface area contributed by atoms with Crippen LogP contribution in [0.15, 0.2) is 36.7 Å². The third-order valence-electron chi connectivity index (χ3n) is 4.16. The van der Waals surface area contributed by atoms with E-state index in [4.69, 9.17) is 0 Å². The average Bonchev–Trinajstić information content (AvgIpc) is 2.54. The van der Waals surface area contributed by atoms with Crippen molar-refractivity contribution in [3.05, 3.63) is 53.5 Å². The van der Waals surface area contributed by atoms with E-state index < -0.39 is 0 Å². The van der Waals surface area contributed by atoms with Gasteiger partial charge in [-0.25, -0.2) is 9.97 Å². The Hall–Kier alpha value is -1.94. The molecular formula is C17H22N4. The van der Waals surface area contributed by atoms with Crippen molar-refractivity contribution in [2.45, 2.75) is 32.4 Å². The summed E-state index contributed by atoms with van der Waals surface area (Å²) in [6, 6.07) is 11.3. The summed E-state index contributed by atoms with van der Waals surface area (Å²) in [6.45, 7) is 4.01. The normalized spacial score (nSPS) is 17.6. The van der Waals surface area contributed by atoms with Crippen LogP contribution in [-0.2, 0) is 19.4 Å². The number of anilines is 1. The second kappa shape index (κ2) is 6.22. The molecule has 1 N–H and O–H groups in total. The molecule has 0 saturated heterocycles. The lowest BCUT2D eigenvalue weighted by Crippen LogP contribution is -2.46. The smallest absolute Gasteiger partial charge is 0.132 e. The van der Waals surface area contributed by atoms with Gasteiger partial charge in [0.1, 0.15) is 12.1 Å². The number of fused-ring (bicyclic) bond motifs is 1. The van der Waals surface area contributed by atoms with E-state index in [1.165, 1.54) is 11.1 Å². The number of nitrogens with zero attached hydrogens (tertiary/aromatic N) is 3. The molecule has 1 aliphatic rings. The molecule has 0 saturated carbocycles. The maximum atomic E-state index is 4.50. The fourth-order valence-corrected chi connectivity index (χ4v) is 3.01. The van der Waals surface area contributed by atoms with Crippen molar-refractivity contribution in [1.82, 2.24) is 15.3 Å². The first-order valence-electron chi connectivity index (χ1n) is 7.60. The van der Waals surface area contributed by atoms with E-state index in [9.17, 15) is 0 Å². The van der Waals surface area contributed by atoms with E-state index in [0.717, 1.165) is 37.4 Å². The Labute approximate surface area is 126 Å². The van der Waals surface area contributed by atoms with Crippen molar-refractivity contribution in [2.24, 2.45) is 0 Å². The molecule has 2 heterocycles. The molecular weight excluding hydrogens is 260 g/mol. The Bertz CT molecular complexity index is 611. The first-order valence-corrected chi connectivity index (χ1v) is 7.60. The fourth-order valence-electron chi connectivity index (χ4n) is 3.01. The summed E-state index contributed by atoms with van der Waals surface area (Å²) in [5, 5.41) is 3.31. The maximum absolute atomic E-state index is 4.50. The third-order valence-corrected chi connectivity index (χ3v) is 4.16. The fraction of sp³-hybridized carbons (Fsp3) is 0.412. The van der Waals surface area contributed by atoms with Crippen LogP contribution >= 0.6 is 0 Å². The summed E-state index contributed by atoms with van der Waals surface area (Å²) in [4.78, 5) is 11.2. The zero-order valence-electron chi connectivity index (χ0n) is 12.7. The Morgan fingerprint density at radius 1 is 1.24 bits per heavy atom. The highest BCUT2D eigenvalue weighted by atomic mass is 15.2. The first kappa shape index (κ1) is 14.0. The topological polar surface area (TPSA) is 41.0 Å². The molecule has 0 amide bonds. The summed E-state index contributed by atoms with van der Waals surface area (Å²) in [5.41, 5.74) is 3.96. The largest absolute Gasteiger partial charge is 0.348 e. The molecule has 0 spiro atoms. The number of aryl methyl sites for hydroxylation is 1. The standard InChI is InChI=1S/C17H22N4/c1-3-15-9-17(20-12-19-15)21-11-14-7-5-4-6-13(14)8-16(21)10-18-2/h4-7,9,12,16,18H,3,8,10-11H2,1-2H3. The van der Waals surface area contributed by atoms with Crippen LogP contribution in [-0.4, -0.2) is 29.6 Å². The van der Waals surface area contributed by atoms with Gasteiger partial charge >= 0.3 is 0 Å². The van der Waals surface area contributed by atoms with Gasteiger partial charge in [-0.2, -0.15) is 0 Å². The quantitative estimate of drug-likeness (QED) is 0.933. The lowest BCUT2D eigenvalue weighted by Gasteiger charge is -2.38. The number of rotatable bonds is 4. The molecule has 1 unspecified atom stereocenters. The molecule has 0 aliphatic carbocycles. The number of hydrogen-bond acceptors (Lipinski definition) is 4. The molecule has 21 heavy (non-hydrogen) atoms. The minimum atomic E-state index is 0.435. The van der Waals surface area contributed by atoms with E-state index in [2.05, 4.69) is 57.4 Å². The van der Waals surface area contributed by atoms with Crippen LogP contribution in [0.25, 0.3) is 0 Å².